The van der Waals surface area contributed by atoms with E-state index in [1.165, 1.54) is 23.4 Å². The molecule has 2 aromatic rings. The highest BCUT2D eigenvalue weighted by Gasteiger charge is 2.27. The lowest BCUT2D eigenvalue weighted by Gasteiger charge is -2.01. The Morgan fingerprint density at radius 2 is 2.00 bits per heavy atom. The molecule has 3 nitrogen and oxygen atoms in total. The summed E-state index contributed by atoms with van der Waals surface area (Å²) < 4.78 is 0. The first kappa shape index (κ1) is 10.7. The molecule has 1 aliphatic carbocycles. The molecule has 3 rings (SSSR count). The summed E-state index contributed by atoms with van der Waals surface area (Å²) in [5.74, 6) is 0.706. The van der Waals surface area contributed by atoms with Gasteiger partial charge in [0, 0.05) is 12.5 Å². The Morgan fingerprint density at radius 1 is 1.18 bits per heavy atom. The number of rotatable bonds is 5. The van der Waals surface area contributed by atoms with Gasteiger partial charge in [-0.05, 0) is 24.8 Å². The molecule has 1 aromatic carbocycles. The minimum absolute atomic E-state index is 0.706. The number of hydrogen-bond acceptors (Lipinski definition) is 4. The van der Waals surface area contributed by atoms with Crippen molar-refractivity contribution >= 4 is 16.5 Å². The predicted octanol–water partition coefficient (Wildman–Crippen LogP) is 3.07. The molecule has 1 saturated carbocycles. The van der Waals surface area contributed by atoms with Crippen molar-refractivity contribution in [1.29, 1.82) is 0 Å². The quantitative estimate of drug-likeness (QED) is 0.879. The molecule has 1 N–H and O–H groups in total. The van der Waals surface area contributed by atoms with Crippen LogP contribution in [-0.4, -0.2) is 16.7 Å². The molecule has 0 amide bonds. The van der Waals surface area contributed by atoms with Crippen LogP contribution in [-0.2, 0) is 6.42 Å². The van der Waals surface area contributed by atoms with E-state index < -0.39 is 0 Å². The van der Waals surface area contributed by atoms with Crippen LogP contribution in [0.2, 0.25) is 0 Å². The normalized spacial score (nSPS) is 14.8. The van der Waals surface area contributed by atoms with Gasteiger partial charge in [0.05, 0.1) is 0 Å². The fourth-order valence-corrected chi connectivity index (χ4v) is 2.70. The Morgan fingerprint density at radius 3 is 2.76 bits per heavy atom. The Bertz CT molecular complexity index is 476. The third kappa shape index (κ3) is 2.82. The third-order valence-corrected chi connectivity index (χ3v) is 3.94. The van der Waals surface area contributed by atoms with Gasteiger partial charge in [0.1, 0.15) is 5.01 Å². The number of nitrogens with zero attached hydrogens (tertiary/aromatic N) is 2. The van der Waals surface area contributed by atoms with E-state index in [-0.39, 0.29) is 0 Å². The minimum atomic E-state index is 0.706. The maximum Gasteiger partial charge on any atom is 0.205 e. The van der Waals surface area contributed by atoms with Gasteiger partial charge < -0.3 is 5.32 Å². The van der Waals surface area contributed by atoms with E-state index in [1.54, 1.807) is 11.3 Å². The van der Waals surface area contributed by atoms with E-state index >= 15 is 0 Å². The first-order chi connectivity index (χ1) is 8.42. The molecule has 1 fully saturated rings. The van der Waals surface area contributed by atoms with Gasteiger partial charge in [-0.2, -0.15) is 0 Å². The van der Waals surface area contributed by atoms with Gasteiger partial charge in [-0.25, -0.2) is 0 Å². The molecule has 1 aliphatic rings. The lowest BCUT2D eigenvalue weighted by atomic mass is 10.2. The van der Waals surface area contributed by atoms with Crippen LogP contribution in [0.15, 0.2) is 30.3 Å². The highest BCUT2D eigenvalue weighted by Crippen LogP contribution is 2.41. The van der Waals surface area contributed by atoms with Crippen LogP contribution in [0.1, 0.15) is 29.3 Å². The minimum Gasteiger partial charge on any atom is -0.360 e. The average Bonchev–Trinajstić information content (AvgIpc) is 3.11. The molecule has 0 unspecified atom stereocenters. The van der Waals surface area contributed by atoms with Crippen LogP contribution in [0.4, 0.5) is 5.13 Å². The number of benzene rings is 1. The zero-order valence-corrected chi connectivity index (χ0v) is 10.4. The van der Waals surface area contributed by atoms with Crippen molar-refractivity contribution in [3.8, 4) is 0 Å². The van der Waals surface area contributed by atoms with Crippen molar-refractivity contribution < 1.29 is 0 Å². The summed E-state index contributed by atoms with van der Waals surface area (Å²) in [6, 6.07) is 10.5. The number of anilines is 1. The van der Waals surface area contributed by atoms with Crippen LogP contribution in [0.3, 0.4) is 0 Å². The molecule has 0 radical (unpaired) electrons. The number of hydrogen-bond donors (Lipinski definition) is 1. The second kappa shape index (κ2) is 4.84. The van der Waals surface area contributed by atoms with Crippen molar-refractivity contribution in [1.82, 2.24) is 10.2 Å². The summed E-state index contributed by atoms with van der Waals surface area (Å²) in [4.78, 5) is 0. The van der Waals surface area contributed by atoms with Gasteiger partial charge >= 0.3 is 0 Å². The molecular formula is C13H15N3S. The molecule has 1 heterocycles. The third-order valence-electron chi connectivity index (χ3n) is 2.90. The van der Waals surface area contributed by atoms with Crippen molar-refractivity contribution in [3.63, 3.8) is 0 Å². The van der Waals surface area contributed by atoms with Gasteiger partial charge in [0.2, 0.25) is 5.13 Å². The molecule has 4 heteroatoms. The van der Waals surface area contributed by atoms with Crippen LogP contribution in [0.25, 0.3) is 0 Å². The zero-order chi connectivity index (χ0) is 11.5. The SMILES string of the molecule is c1ccc(CCNc2nnc(C3CC3)s2)cc1. The first-order valence-electron chi connectivity index (χ1n) is 6.03. The topological polar surface area (TPSA) is 37.8 Å². The number of aromatic nitrogens is 2. The summed E-state index contributed by atoms with van der Waals surface area (Å²) in [7, 11) is 0. The van der Waals surface area contributed by atoms with E-state index in [9.17, 15) is 0 Å². The monoisotopic (exact) mass is 245 g/mol. The van der Waals surface area contributed by atoms with Gasteiger partial charge in [0.25, 0.3) is 0 Å². The Labute approximate surface area is 105 Å². The lowest BCUT2D eigenvalue weighted by molar-refractivity contribution is 0.957. The van der Waals surface area contributed by atoms with Crippen molar-refractivity contribution in [2.24, 2.45) is 0 Å². The Hall–Kier alpha value is -1.42. The van der Waals surface area contributed by atoms with Crippen LogP contribution >= 0.6 is 11.3 Å². The maximum absolute atomic E-state index is 4.21. The van der Waals surface area contributed by atoms with Crippen LogP contribution < -0.4 is 5.32 Å². The molecule has 0 spiro atoms. The first-order valence-corrected chi connectivity index (χ1v) is 6.84. The zero-order valence-electron chi connectivity index (χ0n) is 9.60. The molecule has 0 aliphatic heterocycles. The highest BCUT2D eigenvalue weighted by molar-refractivity contribution is 7.15. The van der Waals surface area contributed by atoms with Crippen LogP contribution in [0.5, 0.6) is 0 Å². The largest absolute Gasteiger partial charge is 0.360 e. The van der Waals surface area contributed by atoms with E-state index in [0.717, 1.165) is 18.1 Å². The van der Waals surface area contributed by atoms with Gasteiger partial charge in [-0.15, -0.1) is 10.2 Å². The molecule has 0 atom stereocenters. The van der Waals surface area contributed by atoms with E-state index in [4.69, 9.17) is 0 Å². The van der Waals surface area contributed by atoms with E-state index in [0.29, 0.717) is 5.92 Å². The molecule has 0 saturated heterocycles. The van der Waals surface area contributed by atoms with Crippen molar-refractivity contribution in [2.75, 3.05) is 11.9 Å². The molecule has 88 valence electrons. The predicted molar refractivity (Wildman–Crippen MR) is 70.5 cm³/mol. The smallest absolute Gasteiger partial charge is 0.205 e. The molecule has 1 aromatic heterocycles. The van der Waals surface area contributed by atoms with Gasteiger partial charge in [-0.3, -0.25) is 0 Å². The summed E-state index contributed by atoms with van der Waals surface area (Å²) in [6.07, 6.45) is 3.61. The second-order valence-electron chi connectivity index (χ2n) is 4.38. The van der Waals surface area contributed by atoms with E-state index in [2.05, 4.69) is 39.8 Å². The second-order valence-corrected chi connectivity index (χ2v) is 5.39. The molecule has 17 heavy (non-hydrogen) atoms. The van der Waals surface area contributed by atoms with Gasteiger partial charge in [0.15, 0.2) is 0 Å². The summed E-state index contributed by atoms with van der Waals surface area (Å²) >= 11 is 1.71. The van der Waals surface area contributed by atoms with Crippen molar-refractivity contribution in [2.45, 2.75) is 25.2 Å². The number of nitrogens with one attached hydrogen (secondary N) is 1. The lowest BCUT2D eigenvalue weighted by Crippen LogP contribution is -2.04. The van der Waals surface area contributed by atoms with E-state index in [1.807, 2.05) is 6.07 Å². The fourth-order valence-electron chi connectivity index (χ4n) is 1.76. The maximum atomic E-state index is 4.21. The van der Waals surface area contributed by atoms with Crippen molar-refractivity contribution in [3.05, 3.63) is 40.9 Å². The highest BCUT2D eigenvalue weighted by atomic mass is 32.1. The molecular weight excluding hydrogens is 230 g/mol. The summed E-state index contributed by atoms with van der Waals surface area (Å²) in [6.45, 7) is 0.920. The summed E-state index contributed by atoms with van der Waals surface area (Å²) in [5.41, 5.74) is 1.35. The standard InChI is InChI=1S/C13H15N3S/c1-2-4-10(5-3-1)8-9-14-13-16-15-12(17-13)11-6-7-11/h1-5,11H,6-9H2,(H,14,16). The van der Waals surface area contributed by atoms with Crippen LogP contribution in [0, 0.1) is 0 Å². The van der Waals surface area contributed by atoms with Gasteiger partial charge in [-0.1, -0.05) is 41.7 Å². The Kier molecular flexibility index (Phi) is 3.05. The Balaban J connectivity index is 1.50. The summed E-state index contributed by atoms with van der Waals surface area (Å²) in [5, 5.41) is 13.9. The fraction of sp³-hybridized carbons (Fsp3) is 0.385. The average molecular weight is 245 g/mol. The molecule has 0 bridgehead atoms.